The lowest BCUT2D eigenvalue weighted by Crippen LogP contribution is -2.37. The zero-order chi connectivity index (χ0) is 21.8. The van der Waals surface area contributed by atoms with Crippen LogP contribution in [0.15, 0.2) is 54.6 Å². The summed E-state index contributed by atoms with van der Waals surface area (Å²) in [5.41, 5.74) is 0.749. The molecule has 5 heteroatoms. The Morgan fingerprint density at radius 1 is 1.06 bits per heavy atom. The number of carbonyl (C=O) groups excluding carboxylic acids is 1. The fourth-order valence-corrected chi connectivity index (χ4v) is 4.77. The highest BCUT2D eigenvalue weighted by Crippen LogP contribution is 2.42. The summed E-state index contributed by atoms with van der Waals surface area (Å²) in [5.74, 6) is 0. The molecule has 0 saturated carbocycles. The van der Waals surface area contributed by atoms with Crippen molar-refractivity contribution in [2.45, 2.75) is 44.9 Å². The van der Waals surface area contributed by atoms with Crippen LogP contribution in [0.3, 0.4) is 0 Å². The summed E-state index contributed by atoms with van der Waals surface area (Å²) in [7, 11) is 1.97. The molecule has 1 aliphatic heterocycles. The third kappa shape index (κ3) is 3.68. The van der Waals surface area contributed by atoms with E-state index in [0.717, 1.165) is 6.42 Å². The zero-order valence-electron chi connectivity index (χ0n) is 18.4. The van der Waals surface area contributed by atoms with Crippen LogP contribution in [0, 0.1) is 0 Å². The van der Waals surface area contributed by atoms with E-state index in [1.807, 2.05) is 32.9 Å². The van der Waals surface area contributed by atoms with E-state index in [0.29, 0.717) is 6.54 Å². The molecule has 0 aliphatic carbocycles. The number of carbonyl (C=O) groups is 1. The molecule has 0 spiro atoms. The summed E-state index contributed by atoms with van der Waals surface area (Å²) < 4.78 is 5.35. The molecule has 31 heavy (non-hydrogen) atoms. The molecule has 0 unspecified atom stereocenters. The molecule has 2 atom stereocenters. The first-order valence-electron chi connectivity index (χ1n) is 10.8. The normalized spacial score (nSPS) is 20.1. The summed E-state index contributed by atoms with van der Waals surface area (Å²) in [5, 5.41) is 12.5. The Kier molecular flexibility index (Phi) is 4.76. The van der Waals surface area contributed by atoms with Gasteiger partial charge in [-0.05, 0) is 71.1 Å². The molecule has 0 radical (unpaired) electrons. The molecule has 0 bridgehead atoms. The Balaban J connectivity index is 1.46. The Morgan fingerprint density at radius 3 is 2.48 bits per heavy atom. The molecule has 4 aromatic rings. The fourth-order valence-electron chi connectivity index (χ4n) is 4.77. The van der Waals surface area contributed by atoms with Crippen LogP contribution in [0.25, 0.3) is 32.3 Å². The van der Waals surface area contributed by atoms with Gasteiger partial charge in [-0.2, -0.15) is 5.06 Å². The van der Waals surface area contributed by atoms with Gasteiger partial charge in [-0.25, -0.2) is 4.79 Å². The van der Waals surface area contributed by atoms with Crippen molar-refractivity contribution in [3.63, 3.8) is 0 Å². The van der Waals surface area contributed by atoms with E-state index in [2.05, 4.69) is 59.9 Å². The van der Waals surface area contributed by atoms with Gasteiger partial charge >= 0.3 is 6.09 Å². The Labute approximate surface area is 182 Å². The highest BCUT2D eigenvalue weighted by molar-refractivity contribution is 6.23. The molecule has 1 amide bonds. The lowest BCUT2D eigenvalue weighted by Gasteiger charge is -2.22. The van der Waals surface area contributed by atoms with E-state index in [1.54, 1.807) is 0 Å². The smallest absolute Gasteiger partial charge is 0.407 e. The zero-order valence-corrected chi connectivity index (χ0v) is 18.4. The molecule has 4 aromatic carbocycles. The molecular formula is C26H28N2O3. The van der Waals surface area contributed by atoms with Gasteiger partial charge in [-0.3, -0.25) is 4.84 Å². The van der Waals surface area contributed by atoms with Gasteiger partial charge in [0.1, 0.15) is 5.60 Å². The van der Waals surface area contributed by atoms with Crippen molar-refractivity contribution in [2.24, 2.45) is 0 Å². The number of hydrogen-bond acceptors (Lipinski definition) is 4. The van der Waals surface area contributed by atoms with Crippen LogP contribution in [0.4, 0.5) is 4.79 Å². The maximum atomic E-state index is 12.0. The van der Waals surface area contributed by atoms with Gasteiger partial charge in [0.25, 0.3) is 0 Å². The number of benzene rings is 4. The second kappa shape index (κ2) is 7.36. The van der Waals surface area contributed by atoms with Crippen LogP contribution in [0.5, 0.6) is 0 Å². The minimum atomic E-state index is -0.514. The standard InChI is InChI=1S/C26H28N2O3/c1-26(2,3)30-25(29)27-15-19-14-22(28(4)31-19)21-13-18-9-5-7-16-11-12-17-8-6-10-20(21)24(17)23(16)18/h5-13,19,22H,14-15H2,1-4H3,(H,27,29)/t19-,22-/m1/s1. The van der Waals surface area contributed by atoms with Gasteiger partial charge in [-0.15, -0.1) is 0 Å². The summed E-state index contributed by atoms with van der Waals surface area (Å²) in [6, 6.07) is 19.8. The Bertz CT molecular complexity index is 1260. The lowest BCUT2D eigenvalue weighted by atomic mass is 9.88. The average molecular weight is 417 g/mol. The van der Waals surface area contributed by atoms with Crippen molar-refractivity contribution in [1.29, 1.82) is 0 Å². The molecule has 1 aliphatic rings. The molecule has 160 valence electrons. The minimum Gasteiger partial charge on any atom is -0.444 e. The van der Waals surface area contributed by atoms with Crippen molar-refractivity contribution in [1.82, 2.24) is 10.4 Å². The highest BCUT2D eigenvalue weighted by atomic mass is 16.7. The van der Waals surface area contributed by atoms with E-state index in [-0.39, 0.29) is 12.1 Å². The number of nitrogens with zero attached hydrogens (tertiary/aromatic N) is 1. The topological polar surface area (TPSA) is 50.8 Å². The summed E-state index contributed by atoms with van der Waals surface area (Å²) in [4.78, 5) is 18.1. The van der Waals surface area contributed by atoms with Crippen molar-refractivity contribution in [2.75, 3.05) is 13.6 Å². The van der Waals surface area contributed by atoms with Crippen molar-refractivity contribution < 1.29 is 14.4 Å². The van der Waals surface area contributed by atoms with E-state index < -0.39 is 11.7 Å². The number of alkyl carbamates (subject to hydrolysis) is 1. The predicted octanol–water partition coefficient (Wildman–Crippen LogP) is 5.79. The minimum absolute atomic E-state index is 0.101. The van der Waals surface area contributed by atoms with E-state index in [9.17, 15) is 4.79 Å². The van der Waals surface area contributed by atoms with Crippen molar-refractivity contribution in [3.05, 3.63) is 60.2 Å². The molecule has 5 nitrogen and oxygen atoms in total. The highest BCUT2D eigenvalue weighted by Gasteiger charge is 2.34. The second-order valence-corrected chi connectivity index (χ2v) is 9.42. The van der Waals surface area contributed by atoms with Gasteiger partial charge in [0.05, 0.1) is 12.1 Å². The third-order valence-electron chi connectivity index (χ3n) is 6.01. The van der Waals surface area contributed by atoms with Crippen LogP contribution in [0.2, 0.25) is 0 Å². The second-order valence-electron chi connectivity index (χ2n) is 9.42. The van der Waals surface area contributed by atoms with Crippen molar-refractivity contribution in [3.8, 4) is 0 Å². The number of hydrogen-bond donors (Lipinski definition) is 1. The monoisotopic (exact) mass is 416 g/mol. The Hall–Kier alpha value is -2.89. The average Bonchev–Trinajstić information content (AvgIpc) is 3.09. The lowest BCUT2D eigenvalue weighted by molar-refractivity contribution is -0.142. The van der Waals surface area contributed by atoms with Gasteiger partial charge in [0, 0.05) is 13.6 Å². The quantitative estimate of drug-likeness (QED) is 0.430. The number of hydroxylamine groups is 2. The van der Waals surface area contributed by atoms with E-state index in [1.165, 1.54) is 37.9 Å². The van der Waals surface area contributed by atoms with Crippen molar-refractivity contribution >= 4 is 38.4 Å². The SMILES string of the molecule is CN1O[C@@H](CNC(=O)OC(C)(C)C)C[C@@H]1c1cc2cccc3ccc4cccc1c4c32. The number of rotatable bonds is 3. The molecule has 1 fully saturated rings. The molecule has 1 N–H and O–H groups in total. The van der Waals surface area contributed by atoms with Crippen LogP contribution in [-0.2, 0) is 9.57 Å². The summed E-state index contributed by atoms with van der Waals surface area (Å²) in [6.07, 6.45) is 0.284. The third-order valence-corrected chi connectivity index (χ3v) is 6.01. The first-order valence-corrected chi connectivity index (χ1v) is 10.8. The molecule has 0 aromatic heterocycles. The van der Waals surface area contributed by atoms with Crippen LogP contribution < -0.4 is 5.32 Å². The van der Waals surface area contributed by atoms with Gasteiger partial charge in [0.15, 0.2) is 0 Å². The molecule has 1 saturated heterocycles. The molecular weight excluding hydrogens is 388 g/mol. The van der Waals surface area contributed by atoms with E-state index >= 15 is 0 Å². The number of ether oxygens (including phenoxy) is 1. The van der Waals surface area contributed by atoms with E-state index in [4.69, 9.17) is 9.57 Å². The van der Waals surface area contributed by atoms with Gasteiger partial charge in [-0.1, -0.05) is 48.5 Å². The first kappa shape index (κ1) is 20.0. The fraction of sp³-hybridized carbons (Fsp3) is 0.346. The summed E-state index contributed by atoms with van der Waals surface area (Å²) in [6.45, 7) is 5.99. The predicted molar refractivity (Wildman–Crippen MR) is 124 cm³/mol. The van der Waals surface area contributed by atoms with Gasteiger partial charge < -0.3 is 10.1 Å². The molecule has 1 heterocycles. The Morgan fingerprint density at radius 2 is 1.74 bits per heavy atom. The number of nitrogens with one attached hydrogen (secondary N) is 1. The maximum absolute atomic E-state index is 12.0. The van der Waals surface area contributed by atoms with Gasteiger partial charge in [0.2, 0.25) is 0 Å². The number of amides is 1. The van der Waals surface area contributed by atoms with Crippen LogP contribution in [0.1, 0.15) is 38.8 Å². The molecule has 5 rings (SSSR count). The summed E-state index contributed by atoms with van der Waals surface area (Å²) >= 11 is 0. The van der Waals surface area contributed by atoms with Crippen LogP contribution in [-0.4, -0.2) is 36.5 Å². The largest absolute Gasteiger partial charge is 0.444 e. The maximum Gasteiger partial charge on any atom is 0.407 e. The van der Waals surface area contributed by atoms with Crippen LogP contribution >= 0.6 is 0 Å². The first-order chi connectivity index (χ1) is 14.8.